The number of nitrogens with one attached hydrogen (secondary N) is 1. The maximum atomic E-state index is 12.1. The highest BCUT2D eigenvalue weighted by Gasteiger charge is 2.23. The summed E-state index contributed by atoms with van der Waals surface area (Å²) in [6, 6.07) is 0. The van der Waals surface area contributed by atoms with E-state index >= 15 is 0 Å². The van der Waals surface area contributed by atoms with E-state index in [1.807, 2.05) is 0 Å². The first-order valence-electron chi connectivity index (χ1n) is 5.54. The lowest BCUT2D eigenvalue weighted by atomic mass is 10.4. The molecule has 0 amide bonds. The Morgan fingerprint density at radius 2 is 2.29 bits per heavy atom. The summed E-state index contributed by atoms with van der Waals surface area (Å²) >= 11 is 4.19. The normalized spacial score (nSPS) is 11.7. The Hall–Kier alpha value is -1.37. The van der Waals surface area contributed by atoms with Crippen LogP contribution in [-0.4, -0.2) is 46.0 Å². The second-order valence-corrected chi connectivity index (χ2v) is 7.26. The van der Waals surface area contributed by atoms with Crippen LogP contribution >= 0.6 is 27.3 Å². The van der Waals surface area contributed by atoms with Crippen LogP contribution in [0.2, 0.25) is 0 Å². The van der Waals surface area contributed by atoms with E-state index in [9.17, 15) is 13.2 Å². The number of hydrogen-bond donors (Lipinski definition) is 2. The third-order valence-electron chi connectivity index (χ3n) is 2.39. The molecule has 2 heterocycles. The molecule has 0 atom stereocenters. The molecule has 0 radical (unpaired) electrons. The van der Waals surface area contributed by atoms with Crippen molar-refractivity contribution in [3.05, 3.63) is 20.7 Å². The molecule has 0 saturated carbocycles. The van der Waals surface area contributed by atoms with Gasteiger partial charge in [0.1, 0.15) is 0 Å². The second kappa shape index (κ2) is 6.17. The van der Waals surface area contributed by atoms with Gasteiger partial charge in [-0.15, -0.1) is 16.4 Å². The van der Waals surface area contributed by atoms with Crippen molar-refractivity contribution in [2.24, 2.45) is 7.05 Å². The molecule has 0 aliphatic carbocycles. The molecular formula is C9H10BrN5O4S2. The van der Waals surface area contributed by atoms with E-state index in [0.717, 1.165) is 4.68 Å². The van der Waals surface area contributed by atoms with Crippen LogP contribution in [0.25, 0.3) is 0 Å². The average Bonchev–Trinajstić information content (AvgIpc) is 2.96. The Balaban J connectivity index is 2.01. The van der Waals surface area contributed by atoms with Gasteiger partial charge in [-0.05, 0) is 15.9 Å². The minimum Gasteiger partial charge on any atom is -0.476 e. The van der Waals surface area contributed by atoms with Gasteiger partial charge in [-0.1, -0.05) is 5.21 Å². The molecule has 2 rings (SSSR count). The first-order valence-corrected chi connectivity index (χ1v) is 8.69. The van der Waals surface area contributed by atoms with E-state index in [1.165, 1.54) is 23.8 Å². The van der Waals surface area contributed by atoms with Crippen molar-refractivity contribution in [2.45, 2.75) is 11.4 Å². The number of thiazole rings is 1. The van der Waals surface area contributed by atoms with E-state index < -0.39 is 16.0 Å². The highest BCUT2D eigenvalue weighted by Crippen LogP contribution is 2.17. The fourth-order valence-corrected chi connectivity index (χ4v) is 4.39. The highest BCUT2D eigenvalue weighted by atomic mass is 79.9. The van der Waals surface area contributed by atoms with Crippen LogP contribution in [0.3, 0.4) is 0 Å². The van der Waals surface area contributed by atoms with Gasteiger partial charge in [-0.3, -0.25) is 0 Å². The van der Waals surface area contributed by atoms with Crippen LogP contribution < -0.4 is 4.72 Å². The minimum atomic E-state index is -3.76. The molecule has 0 bridgehead atoms. The number of aromatic nitrogens is 4. The molecule has 2 N–H and O–H groups in total. The molecule has 21 heavy (non-hydrogen) atoms. The summed E-state index contributed by atoms with van der Waals surface area (Å²) in [5.41, 5.74) is -0.0450. The van der Waals surface area contributed by atoms with Gasteiger partial charge in [0, 0.05) is 25.4 Å². The Bertz CT molecular complexity index is 749. The fourth-order valence-electron chi connectivity index (χ4n) is 1.49. The summed E-state index contributed by atoms with van der Waals surface area (Å²) in [4.78, 5) is 14.6. The highest BCUT2D eigenvalue weighted by molar-refractivity contribution is 9.10. The fraction of sp³-hybridized carbons (Fsp3) is 0.333. The number of sulfonamides is 1. The van der Waals surface area contributed by atoms with E-state index in [1.54, 1.807) is 0 Å². The SMILES string of the molecule is Cn1nnc(Br)c1S(=O)(=O)NCCc1nc(C(=O)O)cs1. The van der Waals surface area contributed by atoms with Crippen LogP contribution in [0.4, 0.5) is 0 Å². The topological polar surface area (TPSA) is 127 Å². The van der Waals surface area contributed by atoms with Crippen LogP contribution in [0.1, 0.15) is 15.5 Å². The number of carbonyl (C=O) groups is 1. The summed E-state index contributed by atoms with van der Waals surface area (Å²) in [7, 11) is -2.29. The van der Waals surface area contributed by atoms with E-state index in [0.29, 0.717) is 11.4 Å². The summed E-state index contributed by atoms with van der Waals surface area (Å²) in [5.74, 6) is -1.11. The van der Waals surface area contributed by atoms with Crippen molar-refractivity contribution in [2.75, 3.05) is 6.54 Å². The zero-order valence-electron chi connectivity index (χ0n) is 10.6. The van der Waals surface area contributed by atoms with E-state index in [-0.39, 0.29) is 21.9 Å². The first-order chi connectivity index (χ1) is 9.81. The van der Waals surface area contributed by atoms with Crippen LogP contribution in [-0.2, 0) is 23.5 Å². The lowest BCUT2D eigenvalue weighted by Gasteiger charge is -2.05. The zero-order valence-corrected chi connectivity index (χ0v) is 13.9. The lowest BCUT2D eigenvalue weighted by Crippen LogP contribution is -2.28. The maximum absolute atomic E-state index is 12.1. The van der Waals surface area contributed by atoms with Crippen molar-refractivity contribution in [1.29, 1.82) is 0 Å². The van der Waals surface area contributed by atoms with Crippen molar-refractivity contribution < 1.29 is 18.3 Å². The molecule has 12 heteroatoms. The van der Waals surface area contributed by atoms with Crippen molar-refractivity contribution >= 4 is 43.3 Å². The summed E-state index contributed by atoms with van der Waals surface area (Å²) in [5, 5.41) is 17.8. The van der Waals surface area contributed by atoms with Crippen LogP contribution in [0.15, 0.2) is 15.0 Å². The molecule has 0 saturated heterocycles. The van der Waals surface area contributed by atoms with Gasteiger partial charge < -0.3 is 5.11 Å². The monoisotopic (exact) mass is 395 g/mol. The van der Waals surface area contributed by atoms with Gasteiger partial charge in [0.05, 0.1) is 5.01 Å². The second-order valence-electron chi connectivity index (χ2n) is 3.89. The van der Waals surface area contributed by atoms with Gasteiger partial charge in [0.2, 0.25) is 5.03 Å². The molecule has 2 aromatic heterocycles. The van der Waals surface area contributed by atoms with E-state index in [4.69, 9.17) is 5.11 Å². The van der Waals surface area contributed by atoms with E-state index in [2.05, 4.69) is 35.9 Å². The Kier molecular flexibility index (Phi) is 4.70. The zero-order chi connectivity index (χ0) is 15.6. The lowest BCUT2D eigenvalue weighted by molar-refractivity contribution is 0.0691. The molecule has 0 spiro atoms. The quantitative estimate of drug-likeness (QED) is 0.717. The standard InChI is InChI=1S/C9H10BrN5O4S2/c1-15-8(7(10)13-14-15)21(18,19)11-3-2-6-12-5(4-20-6)9(16)17/h4,11H,2-3H2,1H3,(H,16,17). The number of rotatable bonds is 6. The number of aromatic carboxylic acids is 1. The predicted octanol–water partition coefficient (Wildman–Crippen LogP) is 0.253. The Morgan fingerprint density at radius 3 is 2.81 bits per heavy atom. The molecule has 0 aliphatic rings. The molecule has 0 aliphatic heterocycles. The molecule has 0 unspecified atom stereocenters. The van der Waals surface area contributed by atoms with Gasteiger partial charge in [-0.25, -0.2) is 27.6 Å². The molecule has 0 fully saturated rings. The maximum Gasteiger partial charge on any atom is 0.355 e. The summed E-state index contributed by atoms with van der Waals surface area (Å²) in [6.07, 6.45) is 0.292. The van der Waals surface area contributed by atoms with Crippen molar-refractivity contribution in [3.63, 3.8) is 0 Å². The number of carboxylic acids is 1. The number of nitrogens with zero attached hydrogens (tertiary/aromatic N) is 4. The van der Waals surface area contributed by atoms with Gasteiger partial charge in [0.25, 0.3) is 10.0 Å². The molecule has 0 aromatic carbocycles. The number of hydrogen-bond acceptors (Lipinski definition) is 7. The van der Waals surface area contributed by atoms with Crippen LogP contribution in [0.5, 0.6) is 0 Å². The molecule has 114 valence electrons. The van der Waals surface area contributed by atoms with Gasteiger partial charge in [0.15, 0.2) is 10.3 Å². The summed E-state index contributed by atoms with van der Waals surface area (Å²) in [6.45, 7) is 0.0898. The largest absolute Gasteiger partial charge is 0.476 e. The number of halogens is 1. The Labute approximate surface area is 132 Å². The smallest absolute Gasteiger partial charge is 0.355 e. The third-order valence-corrected chi connectivity index (χ3v) is 5.65. The molecular weight excluding hydrogens is 386 g/mol. The Morgan fingerprint density at radius 1 is 1.57 bits per heavy atom. The summed E-state index contributed by atoms with van der Waals surface area (Å²) < 4.78 is 27.8. The molecule has 2 aromatic rings. The first kappa shape index (κ1) is 16.0. The van der Waals surface area contributed by atoms with Gasteiger partial charge in [-0.2, -0.15) is 0 Å². The molecule has 9 nitrogen and oxygen atoms in total. The minimum absolute atomic E-state index is 0.0450. The van der Waals surface area contributed by atoms with Gasteiger partial charge >= 0.3 is 5.97 Å². The van der Waals surface area contributed by atoms with Crippen LogP contribution in [0, 0.1) is 0 Å². The van der Waals surface area contributed by atoms with Crippen molar-refractivity contribution in [1.82, 2.24) is 24.7 Å². The third kappa shape index (κ3) is 3.64. The van der Waals surface area contributed by atoms with Crippen molar-refractivity contribution in [3.8, 4) is 0 Å². The number of aryl methyl sites for hydroxylation is 1. The average molecular weight is 396 g/mol. The predicted molar refractivity (Wildman–Crippen MR) is 76.7 cm³/mol. The number of carboxylic acid groups (broad SMARTS) is 1.